The van der Waals surface area contributed by atoms with Crippen molar-refractivity contribution in [1.82, 2.24) is 10.6 Å². The van der Waals surface area contributed by atoms with Gasteiger partial charge in [-0.05, 0) is 55.3 Å². The van der Waals surface area contributed by atoms with Crippen LogP contribution in [-0.4, -0.2) is 25.0 Å². The van der Waals surface area contributed by atoms with Crippen LogP contribution in [0.4, 0.5) is 4.39 Å². The summed E-state index contributed by atoms with van der Waals surface area (Å²) < 4.78 is 13.0. The predicted octanol–water partition coefficient (Wildman–Crippen LogP) is 3.28. The molecule has 0 aliphatic carbocycles. The van der Waals surface area contributed by atoms with Crippen molar-refractivity contribution in [3.63, 3.8) is 0 Å². The number of nitrogens with one attached hydrogen (secondary N) is 2. The van der Waals surface area contributed by atoms with Crippen LogP contribution in [0, 0.1) is 11.7 Å². The number of hydrogen-bond acceptors (Lipinski definition) is 3. The van der Waals surface area contributed by atoms with Crippen molar-refractivity contribution in [2.75, 3.05) is 13.1 Å². The molecule has 1 amide bonds. The van der Waals surface area contributed by atoms with Crippen LogP contribution in [0.1, 0.15) is 23.0 Å². The maximum absolute atomic E-state index is 13.0. The van der Waals surface area contributed by atoms with Gasteiger partial charge in [0.05, 0.1) is 4.88 Å². The van der Waals surface area contributed by atoms with E-state index in [1.807, 2.05) is 12.1 Å². The van der Waals surface area contributed by atoms with Crippen LogP contribution >= 0.6 is 11.3 Å². The number of thiophene rings is 1. The average molecular weight is 318 g/mol. The van der Waals surface area contributed by atoms with E-state index in [4.69, 9.17) is 0 Å². The van der Waals surface area contributed by atoms with E-state index >= 15 is 0 Å². The third-order valence-electron chi connectivity index (χ3n) is 4.06. The lowest BCUT2D eigenvalue weighted by atomic mass is 9.95. The minimum Gasteiger partial charge on any atom is -0.348 e. The van der Waals surface area contributed by atoms with Gasteiger partial charge < -0.3 is 10.6 Å². The van der Waals surface area contributed by atoms with Gasteiger partial charge in [-0.15, -0.1) is 11.3 Å². The fourth-order valence-electron chi connectivity index (χ4n) is 2.70. The summed E-state index contributed by atoms with van der Waals surface area (Å²) in [6.45, 7) is 4.03. The molecule has 0 saturated carbocycles. The first-order chi connectivity index (χ1) is 10.6. The molecule has 0 spiro atoms. The molecule has 1 saturated heterocycles. The lowest BCUT2D eigenvalue weighted by molar-refractivity contribution is 0.0918. The van der Waals surface area contributed by atoms with E-state index in [-0.39, 0.29) is 17.8 Å². The summed E-state index contributed by atoms with van der Waals surface area (Å²) in [5.41, 5.74) is 0.931. The zero-order chi connectivity index (χ0) is 15.5. The Labute approximate surface area is 133 Å². The first kappa shape index (κ1) is 15.2. The van der Waals surface area contributed by atoms with E-state index in [1.54, 1.807) is 12.1 Å². The fourth-order valence-corrected chi connectivity index (χ4v) is 3.61. The van der Waals surface area contributed by atoms with Gasteiger partial charge in [-0.25, -0.2) is 4.39 Å². The number of amides is 1. The molecule has 1 aliphatic heterocycles. The zero-order valence-electron chi connectivity index (χ0n) is 12.4. The predicted molar refractivity (Wildman–Crippen MR) is 87.6 cm³/mol. The van der Waals surface area contributed by atoms with Crippen molar-refractivity contribution in [3.8, 4) is 10.4 Å². The Morgan fingerprint density at radius 2 is 2.05 bits per heavy atom. The summed E-state index contributed by atoms with van der Waals surface area (Å²) >= 11 is 1.44. The third kappa shape index (κ3) is 3.36. The third-order valence-corrected chi connectivity index (χ3v) is 5.19. The first-order valence-corrected chi connectivity index (χ1v) is 8.32. The Hall–Kier alpha value is -1.72. The summed E-state index contributed by atoms with van der Waals surface area (Å²) in [5.74, 6) is 0.171. The second kappa shape index (κ2) is 6.58. The molecule has 116 valence electrons. The van der Waals surface area contributed by atoms with Gasteiger partial charge in [0.15, 0.2) is 0 Å². The van der Waals surface area contributed by atoms with Crippen molar-refractivity contribution < 1.29 is 9.18 Å². The van der Waals surface area contributed by atoms with Crippen molar-refractivity contribution in [2.45, 2.75) is 19.4 Å². The fraction of sp³-hybridized carbons (Fsp3) is 0.353. The van der Waals surface area contributed by atoms with Crippen LogP contribution in [0.2, 0.25) is 0 Å². The highest BCUT2D eigenvalue weighted by Gasteiger charge is 2.23. The molecule has 1 aliphatic rings. The summed E-state index contributed by atoms with van der Waals surface area (Å²) in [4.78, 5) is 14.1. The molecule has 3 nitrogen and oxygen atoms in total. The monoisotopic (exact) mass is 318 g/mol. The van der Waals surface area contributed by atoms with Crippen LogP contribution in [0.25, 0.3) is 10.4 Å². The highest BCUT2D eigenvalue weighted by atomic mass is 32.1. The van der Waals surface area contributed by atoms with Crippen molar-refractivity contribution in [2.24, 2.45) is 5.92 Å². The van der Waals surface area contributed by atoms with Crippen LogP contribution in [-0.2, 0) is 0 Å². The zero-order valence-corrected chi connectivity index (χ0v) is 13.3. The Kier molecular flexibility index (Phi) is 4.55. The summed E-state index contributed by atoms with van der Waals surface area (Å²) in [6.07, 6.45) is 0.961. The smallest absolute Gasteiger partial charge is 0.261 e. The van der Waals surface area contributed by atoms with Crippen LogP contribution < -0.4 is 10.6 Å². The highest BCUT2D eigenvalue weighted by Crippen LogP contribution is 2.28. The first-order valence-electron chi connectivity index (χ1n) is 7.51. The minimum atomic E-state index is -0.252. The van der Waals surface area contributed by atoms with Gasteiger partial charge in [0.2, 0.25) is 0 Å². The molecule has 3 rings (SSSR count). The summed E-state index contributed by atoms with van der Waals surface area (Å²) in [7, 11) is 0. The van der Waals surface area contributed by atoms with E-state index in [0.29, 0.717) is 10.8 Å². The van der Waals surface area contributed by atoms with E-state index < -0.39 is 0 Å². The van der Waals surface area contributed by atoms with Gasteiger partial charge in [0, 0.05) is 10.9 Å². The van der Waals surface area contributed by atoms with Gasteiger partial charge in [0.1, 0.15) is 5.82 Å². The molecule has 2 aromatic rings. The topological polar surface area (TPSA) is 41.1 Å². The number of rotatable bonds is 3. The molecule has 0 radical (unpaired) electrons. The Morgan fingerprint density at radius 1 is 1.27 bits per heavy atom. The number of benzene rings is 1. The molecule has 2 N–H and O–H groups in total. The summed E-state index contributed by atoms with van der Waals surface area (Å²) in [5, 5.41) is 6.46. The Morgan fingerprint density at radius 3 is 2.77 bits per heavy atom. The lowest BCUT2D eigenvalue weighted by Gasteiger charge is -2.30. The van der Waals surface area contributed by atoms with Gasteiger partial charge in [-0.3, -0.25) is 4.79 Å². The highest BCUT2D eigenvalue weighted by molar-refractivity contribution is 7.17. The molecule has 2 unspecified atom stereocenters. The second-order valence-corrected chi connectivity index (χ2v) is 6.80. The van der Waals surface area contributed by atoms with Crippen molar-refractivity contribution in [1.29, 1.82) is 0 Å². The van der Waals surface area contributed by atoms with E-state index in [9.17, 15) is 9.18 Å². The molecule has 1 aromatic heterocycles. The average Bonchev–Trinajstić information content (AvgIpc) is 3.00. The molecule has 0 bridgehead atoms. The molecule has 1 aromatic carbocycles. The summed E-state index contributed by atoms with van der Waals surface area (Å²) in [6, 6.07) is 10.3. The van der Waals surface area contributed by atoms with E-state index in [1.165, 1.54) is 23.5 Å². The molecule has 2 heterocycles. The van der Waals surface area contributed by atoms with Gasteiger partial charge in [-0.2, -0.15) is 0 Å². The van der Waals surface area contributed by atoms with Crippen molar-refractivity contribution >= 4 is 17.2 Å². The quantitative estimate of drug-likeness (QED) is 0.912. The Balaban J connectivity index is 1.70. The maximum Gasteiger partial charge on any atom is 0.261 e. The number of piperidine rings is 1. The van der Waals surface area contributed by atoms with Crippen molar-refractivity contribution in [3.05, 3.63) is 47.1 Å². The van der Waals surface area contributed by atoms with Gasteiger partial charge in [0.25, 0.3) is 5.91 Å². The number of halogens is 1. The SMILES string of the molecule is CC1CNCCC1NC(=O)c1ccc(-c2ccc(F)cc2)s1. The molecule has 22 heavy (non-hydrogen) atoms. The normalized spacial score (nSPS) is 21.5. The number of hydrogen-bond donors (Lipinski definition) is 2. The maximum atomic E-state index is 13.0. The molecular weight excluding hydrogens is 299 g/mol. The molecular formula is C17H19FN2OS. The minimum absolute atomic E-state index is 0.0166. The van der Waals surface area contributed by atoms with Crippen LogP contribution in [0.5, 0.6) is 0 Å². The molecule has 2 atom stereocenters. The van der Waals surface area contributed by atoms with Crippen LogP contribution in [0.3, 0.4) is 0 Å². The number of carbonyl (C=O) groups is 1. The molecule has 1 fully saturated rings. The standard InChI is InChI=1S/C17H19FN2OS/c1-11-10-19-9-8-14(11)20-17(21)16-7-6-15(22-16)12-2-4-13(18)5-3-12/h2-7,11,14,19H,8-10H2,1H3,(H,20,21). The van der Waals surface area contributed by atoms with E-state index in [2.05, 4.69) is 17.6 Å². The second-order valence-electron chi connectivity index (χ2n) is 5.72. The molecule has 5 heteroatoms. The van der Waals surface area contributed by atoms with Crippen LogP contribution in [0.15, 0.2) is 36.4 Å². The van der Waals surface area contributed by atoms with Gasteiger partial charge in [-0.1, -0.05) is 19.1 Å². The largest absolute Gasteiger partial charge is 0.348 e. The lowest BCUT2D eigenvalue weighted by Crippen LogP contribution is -2.48. The van der Waals surface area contributed by atoms with Gasteiger partial charge >= 0.3 is 0 Å². The Bertz CT molecular complexity index is 653. The van der Waals surface area contributed by atoms with E-state index in [0.717, 1.165) is 30.0 Å². The number of carbonyl (C=O) groups excluding carboxylic acids is 1.